The molecule has 0 saturated heterocycles. The van der Waals surface area contributed by atoms with Crippen LogP contribution in [0.2, 0.25) is 0 Å². The molecular formula is C16H15F6N3O3. The van der Waals surface area contributed by atoms with Crippen molar-refractivity contribution >= 4 is 5.97 Å². The van der Waals surface area contributed by atoms with E-state index in [0.29, 0.717) is 35.8 Å². The number of benzene rings is 1. The molecule has 2 aromatic rings. The Kier molecular flexibility index (Phi) is 6.22. The second-order valence-electron chi connectivity index (χ2n) is 5.56. The Hall–Kier alpha value is -2.76. The van der Waals surface area contributed by atoms with Crippen LogP contribution in [-0.4, -0.2) is 40.5 Å². The van der Waals surface area contributed by atoms with Gasteiger partial charge in [-0.3, -0.25) is 0 Å². The first kappa shape index (κ1) is 21.5. The number of imidazole rings is 1. The van der Waals surface area contributed by atoms with Gasteiger partial charge in [0.05, 0.1) is 18.5 Å². The minimum absolute atomic E-state index is 0.256. The number of carboxylic acid groups (broad SMARTS) is 1. The second kappa shape index (κ2) is 8.09. The number of alkyl halides is 6. The van der Waals surface area contributed by atoms with Gasteiger partial charge in [0.1, 0.15) is 5.75 Å². The Labute approximate surface area is 154 Å². The molecule has 12 heteroatoms. The maximum absolute atomic E-state index is 13.2. The molecule has 154 valence electrons. The smallest absolute Gasteiger partial charge is 0.490 e. The molecule has 0 spiro atoms. The number of aromatic nitrogens is 2. The number of halogens is 6. The van der Waals surface area contributed by atoms with Crippen molar-refractivity contribution in [3.05, 3.63) is 35.8 Å². The first-order valence-electron chi connectivity index (χ1n) is 7.77. The zero-order valence-corrected chi connectivity index (χ0v) is 14.4. The summed E-state index contributed by atoms with van der Waals surface area (Å²) in [6.45, 7) is 1.11. The maximum atomic E-state index is 13.2. The maximum Gasteiger partial charge on any atom is 0.490 e. The summed E-state index contributed by atoms with van der Waals surface area (Å²) in [6.07, 6.45) is -9.55. The summed E-state index contributed by atoms with van der Waals surface area (Å²) in [5.41, 5.74) is 1.44. The van der Waals surface area contributed by atoms with Crippen LogP contribution in [0.25, 0.3) is 11.3 Å². The van der Waals surface area contributed by atoms with Crippen molar-refractivity contribution in [2.45, 2.75) is 25.4 Å². The van der Waals surface area contributed by atoms with E-state index in [1.165, 1.54) is 11.7 Å². The number of ether oxygens (including phenoxy) is 1. The minimum Gasteiger partial charge on any atom is -0.496 e. The van der Waals surface area contributed by atoms with Crippen LogP contribution in [0.3, 0.4) is 0 Å². The molecule has 0 saturated carbocycles. The summed E-state index contributed by atoms with van der Waals surface area (Å²) in [5.74, 6) is -3.09. The van der Waals surface area contributed by atoms with Gasteiger partial charge in [0, 0.05) is 25.2 Å². The Bertz CT molecular complexity index is 845. The van der Waals surface area contributed by atoms with Crippen LogP contribution >= 0.6 is 0 Å². The summed E-state index contributed by atoms with van der Waals surface area (Å²) < 4.78 is 77.7. The van der Waals surface area contributed by atoms with Crippen LogP contribution in [0.15, 0.2) is 24.3 Å². The van der Waals surface area contributed by atoms with E-state index in [9.17, 15) is 26.3 Å². The van der Waals surface area contributed by atoms with Crippen LogP contribution < -0.4 is 10.1 Å². The molecule has 1 aromatic carbocycles. The van der Waals surface area contributed by atoms with Crippen molar-refractivity contribution in [2.24, 2.45) is 0 Å². The van der Waals surface area contributed by atoms with Gasteiger partial charge in [-0.2, -0.15) is 26.3 Å². The van der Waals surface area contributed by atoms with E-state index < -0.39 is 24.1 Å². The number of para-hydroxylation sites is 1. The molecule has 2 heterocycles. The molecule has 0 radical (unpaired) electrons. The number of methoxy groups -OCH3 is 1. The van der Waals surface area contributed by atoms with E-state index in [4.69, 9.17) is 14.6 Å². The molecule has 1 aromatic heterocycles. The number of fused-ring (bicyclic) bond motifs is 1. The molecule has 0 aliphatic carbocycles. The number of nitrogens with one attached hydrogen (secondary N) is 1. The van der Waals surface area contributed by atoms with Gasteiger partial charge in [0.15, 0.2) is 0 Å². The van der Waals surface area contributed by atoms with E-state index in [1.54, 1.807) is 24.3 Å². The monoisotopic (exact) mass is 411 g/mol. The summed E-state index contributed by atoms with van der Waals surface area (Å²) >= 11 is 0. The molecule has 0 amide bonds. The average Bonchev–Trinajstić information content (AvgIpc) is 3.01. The van der Waals surface area contributed by atoms with Gasteiger partial charge in [0.2, 0.25) is 5.82 Å². The van der Waals surface area contributed by atoms with Crippen LogP contribution in [0.4, 0.5) is 26.3 Å². The lowest BCUT2D eigenvalue weighted by molar-refractivity contribution is -0.192. The third kappa shape index (κ3) is 4.74. The predicted octanol–water partition coefficient (Wildman–Crippen LogP) is 3.31. The Morgan fingerprint density at radius 3 is 2.36 bits per heavy atom. The Morgan fingerprint density at radius 2 is 1.82 bits per heavy atom. The van der Waals surface area contributed by atoms with Crippen LogP contribution in [0, 0.1) is 0 Å². The van der Waals surface area contributed by atoms with Crippen molar-refractivity contribution < 1.29 is 41.0 Å². The zero-order chi connectivity index (χ0) is 21.1. The average molecular weight is 411 g/mol. The van der Waals surface area contributed by atoms with Gasteiger partial charge in [0.25, 0.3) is 0 Å². The molecule has 0 unspecified atom stereocenters. The predicted molar refractivity (Wildman–Crippen MR) is 84.6 cm³/mol. The summed E-state index contributed by atoms with van der Waals surface area (Å²) in [5, 5.41) is 10.2. The number of rotatable bonds is 2. The molecule has 28 heavy (non-hydrogen) atoms. The first-order chi connectivity index (χ1) is 13.0. The summed E-state index contributed by atoms with van der Waals surface area (Å²) in [7, 11) is 1.49. The highest BCUT2D eigenvalue weighted by Crippen LogP contribution is 2.37. The van der Waals surface area contributed by atoms with Crippen LogP contribution in [-0.2, 0) is 24.1 Å². The molecule has 3 rings (SSSR count). The SMILES string of the molecule is COc1ccccc1-c1nc(C(F)(F)F)n2c1CNCC2.O=C(O)C(F)(F)F. The first-order valence-corrected chi connectivity index (χ1v) is 7.77. The van der Waals surface area contributed by atoms with Gasteiger partial charge < -0.3 is 19.7 Å². The molecule has 0 fully saturated rings. The molecule has 0 atom stereocenters. The molecule has 0 bridgehead atoms. The highest BCUT2D eigenvalue weighted by atomic mass is 19.4. The quantitative estimate of drug-likeness (QED) is 0.742. The molecule has 1 aliphatic rings. The highest BCUT2D eigenvalue weighted by Gasteiger charge is 2.40. The van der Waals surface area contributed by atoms with Gasteiger partial charge in [-0.1, -0.05) is 12.1 Å². The fourth-order valence-corrected chi connectivity index (χ4v) is 2.58. The van der Waals surface area contributed by atoms with Crippen LogP contribution in [0.1, 0.15) is 11.5 Å². The Morgan fingerprint density at radius 1 is 1.21 bits per heavy atom. The van der Waals surface area contributed by atoms with E-state index in [2.05, 4.69) is 10.3 Å². The van der Waals surface area contributed by atoms with Crippen molar-refractivity contribution in [1.82, 2.24) is 14.9 Å². The largest absolute Gasteiger partial charge is 0.496 e. The third-order valence-corrected chi connectivity index (χ3v) is 3.74. The molecule has 6 nitrogen and oxygen atoms in total. The normalized spacial score (nSPS) is 14.0. The number of nitrogens with zero attached hydrogens (tertiary/aromatic N) is 2. The summed E-state index contributed by atoms with van der Waals surface area (Å²) in [6, 6.07) is 6.96. The standard InChI is InChI=1S/C14H14F3N3O.C2HF3O2/c1-21-11-5-3-2-4-9(11)12-10-8-18-6-7-20(10)13(19-12)14(15,16)17;3-2(4,5)1(6)7/h2-5,18H,6-8H2,1H3;(H,6,7). The highest BCUT2D eigenvalue weighted by molar-refractivity contribution is 5.73. The third-order valence-electron chi connectivity index (χ3n) is 3.74. The fraction of sp³-hybridized carbons (Fsp3) is 0.375. The Balaban J connectivity index is 0.000000345. The topological polar surface area (TPSA) is 76.4 Å². The molecular weight excluding hydrogens is 396 g/mol. The number of hydrogen-bond acceptors (Lipinski definition) is 4. The number of hydrogen-bond donors (Lipinski definition) is 2. The van der Waals surface area contributed by atoms with E-state index >= 15 is 0 Å². The van der Waals surface area contributed by atoms with Crippen molar-refractivity contribution in [2.75, 3.05) is 13.7 Å². The van der Waals surface area contributed by atoms with Crippen molar-refractivity contribution in [3.8, 4) is 17.0 Å². The number of carboxylic acids is 1. The van der Waals surface area contributed by atoms with E-state index in [1.807, 2.05) is 0 Å². The zero-order valence-electron chi connectivity index (χ0n) is 14.4. The van der Waals surface area contributed by atoms with Gasteiger partial charge >= 0.3 is 18.3 Å². The minimum atomic E-state index is -5.08. The van der Waals surface area contributed by atoms with E-state index in [0.717, 1.165) is 0 Å². The van der Waals surface area contributed by atoms with Crippen LogP contribution in [0.5, 0.6) is 5.75 Å². The van der Waals surface area contributed by atoms with Gasteiger partial charge in [-0.25, -0.2) is 9.78 Å². The van der Waals surface area contributed by atoms with E-state index in [-0.39, 0.29) is 6.54 Å². The van der Waals surface area contributed by atoms with Crippen molar-refractivity contribution in [3.63, 3.8) is 0 Å². The lowest BCUT2D eigenvalue weighted by atomic mass is 10.1. The van der Waals surface area contributed by atoms with Gasteiger partial charge in [-0.15, -0.1) is 0 Å². The molecule has 1 aliphatic heterocycles. The number of aliphatic carboxylic acids is 1. The lowest BCUT2D eigenvalue weighted by Gasteiger charge is -2.19. The van der Waals surface area contributed by atoms with Crippen molar-refractivity contribution in [1.29, 1.82) is 0 Å². The lowest BCUT2D eigenvalue weighted by Crippen LogP contribution is -2.30. The fourth-order valence-electron chi connectivity index (χ4n) is 2.58. The van der Waals surface area contributed by atoms with Gasteiger partial charge in [-0.05, 0) is 12.1 Å². The molecule has 2 N–H and O–H groups in total. The summed E-state index contributed by atoms with van der Waals surface area (Å²) in [4.78, 5) is 12.8. The second-order valence-corrected chi connectivity index (χ2v) is 5.56. The number of carbonyl (C=O) groups is 1.